The fourth-order valence-electron chi connectivity index (χ4n) is 3.12. The first-order chi connectivity index (χ1) is 12.5. The number of nitrogens with one attached hydrogen (secondary N) is 2. The summed E-state index contributed by atoms with van der Waals surface area (Å²) in [5.74, 6) is 0. The maximum atomic E-state index is 12.1. The highest BCUT2D eigenvalue weighted by molar-refractivity contribution is 5.32. The Balaban J connectivity index is 1.70. The lowest BCUT2D eigenvalue weighted by Crippen LogP contribution is -2.39. The molecule has 1 aromatic heterocycles. The van der Waals surface area contributed by atoms with Crippen molar-refractivity contribution in [1.82, 2.24) is 20.0 Å². The normalized spacial score (nSPS) is 19.3. The van der Waals surface area contributed by atoms with E-state index in [2.05, 4.69) is 47.6 Å². The Morgan fingerprint density at radius 2 is 2.15 bits per heavy atom. The van der Waals surface area contributed by atoms with Crippen LogP contribution in [0.3, 0.4) is 0 Å². The van der Waals surface area contributed by atoms with E-state index in [0.29, 0.717) is 19.1 Å². The molecule has 140 valence electrons. The first-order valence-corrected chi connectivity index (χ1v) is 9.02. The molecule has 4 N–H and O–H groups in total. The van der Waals surface area contributed by atoms with Crippen LogP contribution in [-0.4, -0.2) is 41.4 Å². The lowest BCUT2D eigenvalue weighted by Gasteiger charge is -2.26. The molecule has 2 aliphatic carbocycles. The van der Waals surface area contributed by atoms with Gasteiger partial charge in [-0.25, -0.2) is 4.68 Å². The van der Waals surface area contributed by atoms with Gasteiger partial charge >= 0.3 is 5.56 Å². The van der Waals surface area contributed by atoms with Gasteiger partial charge in [-0.05, 0) is 50.9 Å². The first-order valence-electron chi connectivity index (χ1n) is 9.02. The second-order valence-corrected chi connectivity index (χ2v) is 7.14. The average molecular weight is 357 g/mol. The van der Waals surface area contributed by atoms with E-state index in [-0.39, 0.29) is 5.69 Å². The fraction of sp³-hybridized carbons (Fsp3) is 0.474. The van der Waals surface area contributed by atoms with Crippen LogP contribution in [-0.2, 0) is 6.54 Å². The van der Waals surface area contributed by atoms with Gasteiger partial charge in [0.05, 0.1) is 6.54 Å². The molecule has 1 fully saturated rings. The number of nitrogen functional groups attached to an aromatic ring is 1. The summed E-state index contributed by atoms with van der Waals surface area (Å²) in [4.78, 5) is 26.1. The number of allylic oxidation sites excluding steroid dienone is 2. The van der Waals surface area contributed by atoms with Gasteiger partial charge in [-0.3, -0.25) is 9.59 Å². The van der Waals surface area contributed by atoms with E-state index in [9.17, 15) is 9.59 Å². The number of H-pyrrole nitrogens is 1. The van der Waals surface area contributed by atoms with Crippen LogP contribution in [0.15, 0.2) is 50.9 Å². The van der Waals surface area contributed by atoms with Crippen molar-refractivity contribution in [3.8, 4) is 0 Å². The summed E-state index contributed by atoms with van der Waals surface area (Å²) in [6.45, 7) is 1.05. The highest BCUT2D eigenvalue weighted by Gasteiger charge is 2.17. The van der Waals surface area contributed by atoms with Crippen LogP contribution >= 0.6 is 0 Å². The average Bonchev–Trinajstić information content (AvgIpc) is 2.58. The van der Waals surface area contributed by atoms with Crippen LogP contribution < -0.4 is 22.0 Å². The predicted octanol–water partition coefficient (Wildman–Crippen LogP) is 0.963. The topological polar surface area (TPSA) is 96.1 Å². The van der Waals surface area contributed by atoms with Gasteiger partial charge in [-0.2, -0.15) is 0 Å². The maximum absolute atomic E-state index is 12.1. The molecule has 1 saturated carbocycles. The van der Waals surface area contributed by atoms with Crippen molar-refractivity contribution < 1.29 is 0 Å². The highest BCUT2D eigenvalue weighted by Crippen LogP contribution is 2.28. The fourth-order valence-corrected chi connectivity index (χ4v) is 3.12. The van der Waals surface area contributed by atoms with E-state index in [1.807, 2.05) is 0 Å². The van der Waals surface area contributed by atoms with Gasteiger partial charge in [0, 0.05) is 24.5 Å². The molecule has 1 aromatic rings. The zero-order valence-electron chi connectivity index (χ0n) is 15.4. The Kier molecular flexibility index (Phi) is 5.46. The van der Waals surface area contributed by atoms with E-state index in [1.165, 1.54) is 28.4 Å². The SMILES string of the molecule is CN(C)C1C=CC(CNC(Cn2[nH]cc(N)c(=O)c2=O)=C2CCC2)=CC1. The third kappa shape index (κ3) is 3.99. The molecular weight excluding hydrogens is 330 g/mol. The number of likely N-dealkylation sites (N-methyl/N-ethyl adjacent to an activating group) is 1. The first kappa shape index (κ1) is 18.3. The molecule has 0 spiro atoms. The van der Waals surface area contributed by atoms with E-state index >= 15 is 0 Å². The molecule has 3 rings (SSSR count). The quantitative estimate of drug-likeness (QED) is 0.659. The van der Waals surface area contributed by atoms with Crippen LogP contribution in [0, 0.1) is 0 Å². The monoisotopic (exact) mass is 357 g/mol. The molecule has 0 aromatic carbocycles. The number of nitrogens with two attached hydrogens (primary N) is 1. The summed E-state index contributed by atoms with van der Waals surface area (Å²) < 4.78 is 1.32. The van der Waals surface area contributed by atoms with Gasteiger partial charge in [0.1, 0.15) is 5.69 Å². The second kappa shape index (κ2) is 7.78. The summed E-state index contributed by atoms with van der Waals surface area (Å²) in [5.41, 5.74) is 7.75. The van der Waals surface area contributed by atoms with Crippen LogP contribution in [0.4, 0.5) is 5.69 Å². The van der Waals surface area contributed by atoms with Crippen LogP contribution in [0.2, 0.25) is 0 Å². The van der Waals surface area contributed by atoms with Crippen LogP contribution in [0.5, 0.6) is 0 Å². The Bertz CT molecular complexity index is 867. The van der Waals surface area contributed by atoms with Gasteiger partial charge in [-0.1, -0.05) is 18.2 Å². The minimum atomic E-state index is -0.658. The van der Waals surface area contributed by atoms with Crippen molar-refractivity contribution in [2.45, 2.75) is 38.3 Å². The summed E-state index contributed by atoms with van der Waals surface area (Å²) in [7, 11) is 4.16. The highest BCUT2D eigenvalue weighted by atomic mass is 16.2. The summed E-state index contributed by atoms with van der Waals surface area (Å²) in [6.07, 6.45) is 12.2. The zero-order chi connectivity index (χ0) is 18.7. The van der Waals surface area contributed by atoms with Crippen molar-refractivity contribution >= 4 is 5.69 Å². The number of rotatable bonds is 6. The Labute approximate surface area is 152 Å². The van der Waals surface area contributed by atoms with Crippen molar-refractivity contribution in [3.05, 3.63) is 61.8 Å². The summed E-state index contributed by atoms with van der Waals surface area (Å²) >= 11 is 0. The van der Waals surface area contributed by atoms with E-state index in [4.69, 9.17) is 5.73 Å². The standard InChI is InChI=1S/C19H27N5O2/c1-23(2)15-8-6-13(7-9-15)10-21-17(14-4-3-5-14)12-24-19(26)18(25)16(20)11-22-24/h6-8,11,15,21-22H,3-5,9-10,12,20H2,1-2H3. The molecule has 0 saturated heterocycles. The van der Waals surface area contributed by atoms with Crippen molar-refractivity contribution in [1.29, 1.82) is 0 Å². The number of hydrogen-bond donors (Lipinski definition) is 3. The summed E-state index contributed by atoms with van der Waals surface area (Å²) in [5, 5.41) is 6.29. The maximum Gasteiger partial charge on any atom is 0.315 e. The van der Waals surface area contributed by atoms with E-state index in [0.717, 1.165) is 25.0 Å². The molecule has 26 heavy (non-hydrogen) atoms. The third-order valence-corrected chi connectivity index (χ3v) is 5.10. The van der Waals surface area contributed by atoms with E-state index < -0.39 is 11.0 Å². The third-order valence-electron chi connectivity index (χ3n) is 5.10. The minimum absolute atomic E-state index is 0.0509. The number of hydrogen-bond acceptors (Lipinski definition) is 5. The minimum Gasteiger partial charge on any atom is -0.394 e. The molecule has 7 heteroatoms. The van der Waals surface area contributed by atoms with Gasteiger partial charge < -0.3 is 21.0 Å². The molecule has 0 radical (unpaired) electrons. The number of aromatic amines is 1. The molecule has 0 amide bonds. The van der Waals surface area contributed by atoms with Gasteiger partial charge in [-0.15, -0.1) is 0 Å². The van der Waals surface area contributed by atoms with Crippen molar-refractivity contribution in [2.75, 3.05) is 26.4 Å². The largest absolute Gasteiger partial charge is 0.394 e. The zero-order valence-corrected chi connectivity index (χ0v) is 15.4. The lowest BCUT2D eigenvalue weighted by atomic mass is 9.90. The molecule has 0 aliphatic heterocycles. The van der Waals surface area contributed by atoms with Crippen molar-refractivity contribution in [3.63, 3.8) is 0 Å². The molecule has 1 unspecified atom stereocenters. The number of aromatic nitrogens is 2. The van der Waals surface area contributed by atoms with Crippen LogP contribution in [0.25, 0.3) is 0 Å². The Hall–Kier alpha value is -2.54. The van der Waals surface area contributed by atoms with Crippen molar-refractivity contribution in [2.24, 2.45) is 0 Å². The molecular formula is C19H27N5O2. The molecule has 1 heterocycles. The van der Waals surface area contributed by atoms with Crippen LogP contribution in [0.1, 0.15) is 25.7 Å². The predicted molar refractivity (Wildman–Crippen MR) is 104 cm³/mol. The van der Waals surface area contributed by atoms with Gasteiger partial charge in [0.2, 0.25) is 0 Å². The summed E-state index contributed by atoms with van der Waals surface area (Å²) in [6, 6.07) is 0.446. The Morgan fingerprint density at radius 1 is 1.38 bits per heavy atom. The second-order valence-electron chi connectivity index (χ2n) is 7.14. The molecule has 2 aliphatic rings. The van der Waals surface area contributed by atoms with Gasteiger partial charge in [0.25, 0.3) is 5.43 Å². The Morgan fingerprint density at radius 3 is 2.73 bits per heavy atom. The lowest BCUT2D eigenvalue weighted by molar-refractivity contribution is 0.343. The van der Waals surface area contributed by atoms with Gasteiger partial charge in [0.15, 0.2) is 0 Å². The number of nitrogens with zero attached hydrogens (tertiary/aromatic N) is 2. The molecule has 7 nitrogen and oxygen atoms in total. The number of anilines is 1. The molecule has 0 bridgehead atoms. The smallest absolute Gasteiger partial charge is 0.315 e. The molecule has 1 atom stereocenters. The van der Waals surface area contributed by atoms with E-state index in [1.54, 1.807) is 0 Å².